The number of carboxylic acid groups (broad SMARTS) is 2. The molecule has 4 N–H and O–H groups in total. The average molecular weight is 290 g/mol. The lowest BCUT2D eigenvalue weighted by molar-refractivity contribution is 0.0685. The lowest BCUT2D eigenvalue weighted by Crippen LogP contribution is -1.98. The highest BCUT2D eigenvalue weighted by atomic mass is 16.4. The van der Waals surface area contributed by atoms with Crippen LogP contribution in [0.25, 0.3) is 0 Å². The van der Waals surface area contributed by atoms with E-state index in [1.807, 2.05) is 0 Å². The van der Waals surface area contributed by atoms with Crippen molar-refractivity contribution >= 4 is 11.9 Å². The lowest BCUT2D eigenvalue weighted by Gasteiger charge is -1.99. The summed E-state index contributed by atoms with van der Waals surface area (Å²) in [4.78, 5) is 20.7. The first-order chi connectivity index (χ1) is 9.81. The van der Waals surface area contributed by atoms with Crippen molar-refractivity contribution in [3.05, 3.63) is 59.2 Å². The number of aryl methyl sites for hydroxylation is 1. The molecule has 6 heteroatoms. The molecule has 0 saturated carbocycles. The standard InChI is InChI=1S/C8H8O3.C7H6O3/c1-5-4-6(9)2-3-7(5)8(10)11;8-6-3-1-5(2-4-6)7(9)10/h2-4,9H,1H3,(H,10,11);1-4,8H,(H,9,10). The van der Waals surface area contributed by atoms with Gasteiger partial charge in [0.25, 0.3) is 0 Å². The number of phenols is 2. The van der Waals surface area contributed by atoms with Gasteiger partial charge in [-0.3, -0.25) is 0 Å². The Morgan fingerprint density at radius 2 is 1.33 bits per heavy atom. The largest absolute Gasteiger partial charge is 0.508 e. The quantitative estimate of drug-likeness (QED) is 0.675. The molecule has 2 aromatic rings. The summed E-state index contributed by atoms with van der Waals surface area (Å²) in [7, 11) is 0. The molecule has 0 atom stereocenters. The van der Waals surface area contributed by atoms with Crippen molar-refractivity contribution in [2.45, 2.75) is 6.92 Å². The lowest BCUT2D eigenvalue weighted by atomic mass is 10.1. The maximum absolute atomic E-state index is 10.5. The molecule has 2 rings (SSSR count). The van der Waals surface area contributed by atoms with Gasteiger partial charge in [-0.15, -0.1) is 0 Å². The summed E-state index contributed by atoms with van der Waals surface area (Å²) in [5.41, 5.74) is 0.970. The maximum Gasteiger partial charge on any atom is 0.335 e. The van der Waals surface area contributed by atoms with E-state index in [0.29, 0.717) is 5.56 Å². The normalized spacial score (nSPS) is 9.38. The van der Waals surface area contributed by atoms with Gasteiger partial charge in [-0.1, -0.05) is 0 Å². The second kappa shape index (κ2) is 6.95. The monoisotopic (exact) mass is 290 g/mol. The van der Waals surface area contributed by atoms with Crippen LogP contribution in [0.15, 0.2) is 42.5 Å². The van der Waals surface area contributed by atoms with E-state index in [0.717, 1.165) is 0 Å². The molecule has 0 aromatic heterocycles. The molecule has 6 nitrogen and oxygen atoms in total. The van der Waals surface area contributed by atoms with Gasteiger partial charge in [0, 0.05) is 0 Å². The number of benzene rings is 2. The fourth-order valence-corrected chi connectivity index (χ4v) is 1.49. The number of phenolic OH excluding ortho intramolecular Hbond substituents is 2. The van der Waals surface area contributed by atoms with Crippen LogP contribution in [0.4, 0.5) is 0 Å². The van der Waals surface area contributed by atoms with E-state index in [-0.39, 0.29) is 22.6 Å². The van der Waals surface area contributed by atoms with Gasteiger partial charge < -0.3 is 20.4 Å². The van der Waals surface area contributed by atoms with Crippen LogP contribution in [0.5, 0.6) is 11.5 Å². The van der Waals surface area contributed by atoms with Crippen LogP contribution in [0.1, 0.15) is 26.3 Å². The van der Waals surface area contributed by atoms with Gasteiger partial charge in [0.15, 0.2) is 0 Å². The molecule has 0 aliphatic carbocycles. The second-order valence-electron chi connectivity index (χ2n) is 4.16. The van der Waals surface area contributed by atoms with E-state index in [2.05, 4.69) is 0 Å². The van der Waals surface area contributed by atoms with E-state index in [1.54, 1.807) is 6.92 Å². The summed E-state index contributed by atoms with van der Waals surface area (Å²) in [5, 5.41) is 34.6. The Morgan fingerprint density at radius 3 is 1.76 bits per heavy atom. The zero-order valence-electron chi connectivity index (χ0n) is 11.1. The molecule has 0 bridgehead atoms. The van der Waals surface area contributed by atoms with Crippen molar-refractivity contribution in [2.75, 3.05) is 0 Å². The molecule has 2 aromatic carbocycles. The highest BCUT2D eigenvalue weighted by molar-refractivity contribution is 5.89. The van der Waals surface area contributed by atoms with Crippen molar-refractivity contribution < 1.29 is 30.0 Å². The Morgan fingerprint density at radius 1 is 0.810 bits per heavy atom. The van der Waals surface area contributed by atoms with Crippen LogP contribution in [0.2, 0.25) is 0 Å². The van der Waals surface area contributed by atoms with Crippen molar-refractivity contribution in [3.63, 3.8) is 0 Å². The molecule has 0 saturated heterocycles. The molecule has 0 aliphatic heterocycles. The Balaban J connectivity index is 0.000000211. The Hall–Kier alpha value is -3.02. The van der Waals surface area contributed by atoms with Gasteiger partial charge in [-0.25, -0.2) is 9.59 Å². The summed E-state index contributed by atoms with van der Waals surface area (Å²) in [6, 6.07) is 9.52. The minimum absolute atomic E-state index is 0.0741. The van der Waals surface area contributed by atoms with E-state index in [1.165, 1.54) is 42.5 Å². The molecule has 110 valence electrons. The molecular weight excluding hydrogens is 276 g/mol. The smallest absolute Gasteiger partial charge is 0.335 e. The van der Waals surface area contributed by atoms with Crippen LogP contribution < -0.4 is 0 Å². The number of aromatic hydroxyl groups is 2. The Labute approximate surface area is 120 Å². The molecule has 0 unspecified atom stereocenters. The topological polar surface area (TPSA) is 115 Å². The van der Waals surface area contributed by atoms with Crippen LogP contribution in [0, 0.1) is 6.92 Å². The zero-order chi connectivity index (χ0) is 16.0. The van der Waals surface area contributed by atoms with Crippen LogP contribution in [-0.4, -0.2) is 32.4 Å². The molecule has 0 spiro atoms. The number of hydrogen-bond donors (Lipinski definition) is 4. The van der Waals surface area contributed by atoms with Crippen LogP contribution >= 0.6 is 0 Å². The van der Waals surface area contributed by atoms with E-state index < -0.39 is 11.9 Å². The summed E-state index contributed by atoms with van der Waals surface area (Å²) in [6.45, 7) is 1.64. The fourth-order valence-electron chi connectivity index (χ4n) is 1.49. The summed E-state index contributed by atoms with van der Waals surface area (Å²) >= 11 is 0. The molecule has 0 radical (unpaired) electrons. The first kappa shape index (κ1) is 16.0. The van der Waals surface area contributed by atoms with Gasteiger partial charge in [-0.2, -0.15) is 0 Å². The van der Waals surface area contributed by atoms with Crippen LogP contribution in [-0.2, 0) is 0 Å². The third kappa shape index (κ3) is 4.87. The van der Waals surface area contributed by atoms with Crippen molar-refractivity contribution in [2.24, 2.45) is 0 Å². The third-order valence-corrected chi connectivity index (χ3v) is 2.55. The van der Waals surface area contributed by atoms with E-state index >= 15 is 0 Å². The van der Waals surface area contributed by atoms with E-state index in [9.17, 15) is 9.59 Å². The number of hydrogen-bond acceptors (Lipinski definition) is 4. The predicted molar refractivity (Wildman–Crippen MR) is 74.9 cm³/mol. The number of carbonyl (C=O) groups is 2. The summed E-state index contributed by atoms with van der Waals surface area (Å²) in [6.07, 6.45) is 0. The molecular formula is C15H14O6. The molecule has 0 amide bonds. The summed E-state index contributed by atoms with van der Waals surface area (Å²) < 4.78 is 0. The minimum Gasteiger partial charge on any atom is -0.508 e. The van der Waals surface area contributed by atoms with Crippen LogP contribution in [0.3, 0.4) is 0 Å². The van der Waals surface area contributed by atoms with Gasteiger partial charge >= 0.3 is 11.9 Å². The van der Waals surface area contributed by atoms with Gasteiger partial charge in [0.2, 0.25) is 0 Å². The number of carboxylic acids is 2. The minimum atomic E-state index is -0.986. The SMILES string of the molecule is Cc1cc(O)ccc1C(=O)O.O=C(O)c1ccc(O)cc1. The van der Waals surface area contributed by atoms with Crippen molar-refractivity contribution in [1.82, 2.24) is 0 Å². The maximum atomic E-state index is 10.5. The molecule has 0 heterocycles. The second-order valence-corrected chi connectivity index (χ2v) is 4.16. The first-order valence-corrected chi connectivity index (χ1v) is 5.86. The Kier molecular flexibility index (Phi) is 5.31. The van der Waals surface area contributed by atoms with E-state index in [4.69, 9.17) is 20.4 Å². The zero-order valence-corrected chi connectivity index (χ0v) is 11.1. The first-order valence-electron chi connectivity index (χ1n) is 5.86. The Bertz CT molecular complexity index is 646. The van der Waals surface area contributed by atoms with Crippen molar-refractivity contribution in [3.8, 4) is 11.5 Å². The number of rotatable bonds is 2. The van der Waals surface area contributed by atoms with Crippen molar-refractivity contribution in [1.29, 1.82) is 0 Å². The third-order valence-electron chi connectivity index (χ3n) is 2.55. The predicted octanol–water partition coefficient (Wildman–Crippen LogP) is 2.49. The van der Waals surface area contributed by atoms with Gasteiger partial charge in [0.05, 0.1) is 11.1 Å². The molecule has 0 fully saturated rings. The number of aromatic carboxylic acids is 2. The average Bonchev–Trinajstić information content (AvgIpc) is 2.39. The highest BCUT2D eigenvalue weighted by Gasteiger charge is 2.05. The van der Waals surface area contributed by atoms with Gasteiger partial charge in [-0.05, 0) is 55.0 Å². The fraction of sp³-hybridized carbons (Fsp3) is 0.0667. The highest BCUT2D eigenvalue weighted by Crippen LogP contribution is 2.15. The molecule has 21 heavy (non-hydrogen) atoms. The van der Waals surface area contributed by atoms with Gasteiger partial charge in [0.1, 0.15) is 11.5 Å². The summed E-state index contributed by atoms with van der Waals surface area (Å²) in [5.74, 6) is -1.79. The molecule has 0 aliphatic rings.